The Morgan fingerprint density at radius 2 is 2.10 bits per heavy atom. The summed E-state index contributed by atoms with van der Waals surface area (Å²) in [4.78, 5) is 0. The molecule has 112 valence electrons. The summed E-state index contributed by atoms with van der Waals surface area (Å²) in [6, 6.07) is 9.46. The Bertz CT molecular complexity index is 646. The first-order valence-corrected chi connectivity index (χ1v) is 7.83. The number of phenols is 1. The number of ether oxygens (including phenoxy) is 1. The van der Waals surface area contributed by atoms with Gasteiger partial charge < -0.3 is 15.2 Å². The lowest BCUT2D eigenvalue weighted by molar-refractivity contribution is 0.317. The van der Waals surface area contributed by atoms with Gasteiger partial charge >= 0.3 is 0 Å². The zero-order valence-corrected chi connectivity index (χ0v) is 14.3. The van der Waals surface area contributed by atoms with Crippen LogP contribution in [0.5, 0.6) is 11.5 Å². The van der Waals surface area contributed by atoms with Crippen molar-refractivity contribution in [2.24, 2.45) is 0 Å². The van der Waals surface area contributed by atoms with Crippen LogP contribution in [0.1, 0.15) is 18.1 Å². The zero-order valence-electron chi connectivity index (χ0n) is 11.9. The second kappa shape index (κ2) is 7.05. The lowest BCUT2D eigenvalue weighted by atomic mass is 10.1. The predicted molar refractivity (Wildman–Crippen MR) is 90.5 cm³/mol. The highest BCUT2D eigenvalue weighted by molar-refractivity contribution is 9.10. The largest absolute Gasteiger partial charge is 0.503 e. The quantitative estimate of drug-likeness (QED) is 0.767. The Balaban J connectivity index is 2.18. The monoisotopic (exact) mass is 369 g/mol. The first-order chi connectivity index (χ1) is 10.0. The summed E-state index contributed by atoms with van der Waals surface area (Å²) < 4.78 is 6.04. The van der Waals surface area contributed by atoms with Gasteiger partial charge in [0.1, 0.15) is 0 Å². The Morgan fingerprint density at radius 3 is 2.81 bits per heavy atom. The van der Waals surface area contributed by atoms with Crippen molar-refractivity contribution in [1.82, 2.24) is 0 Å². The lowest BCUT2D eigenvalue weighted by Gasteiger charge is -2.13. The molecule has 5 heteroatoms. The molecule has 0 aliphatic carbocycles. The zero-order chi connectivity index (χ0) is 15.4. The van der Waals surface area contributed by atoms with Crippen molar-refractivity contribution in [2.75, 3.05) is 11.9 Å². The lowest BCUT2D eigenvalue weighted by Crippen LogP contribution is -2.02. The second-order valence-electron chi connectivity index (χ2n) is 4.62. The Hall–Kier alpha value is -1.39. The van der Waals surface area contributed by atoms with Crippen molar-refractivity contribution in [2.45, 2.75) is 20.4 Å². The molecule has 0 heterocycles. The number of halogens is 2. The second-order valence-corrected chi connectivity index (χ2v) is 5.88. The van der Waals surface area contributed by atoms with Crippen LogP contribution < -0.4 is 10.1 Å². The summed E-state index contributed by atoms with van der Waals surface area (Å²) in [5, 5.41) is 14.0. The van der Waals surface area contributed by atoms with Crippen molar-refractivity contribution in [3.8, 4) is 11.5 Å². The van der Waals surface area contributed by atoms with Crippen LogP contribution in [-0.4, -0.2) is 11.7 Å². The molecule has 2 N–H and O–H groups in total. The molecule has 0 saturated heterocycles. The summed E-state index contributed by atoms with van der Waals surface area (Å²) >= 11 is 9.45. The summed E-state index contributed by atoms with van der Waals surface area (Å²) in [5.74, 6) is 0.603. The van der Waals surface area contributed by atoms with Crippen LogP contribution in [0.15, 0.2) is 34.8 Å². The van der Waals surface area contributed by atoms with Crippen LogP contribution in [0.4, 0.5) is 5.69 Å². The molecule has 21 heavy (non-hydrogen) atoms. The third-order valence-corrected chi connectivity index (χ3v) is 4.15. The molecule has 2 aromatic carbocycles. The number of nitrogens with one attached hydrogen (secondary N) is 1. The fourth-order valence-electron chi connectivity index (χ4n) is 1.99. The highest BCUT2D eigenvalue weighted by atomic mass is 79.9. The molecule has 0 fully saturated rings. The number of hydrogen-bond acceptors (Lipinski definition) is 3. The third kappa shape index (κ3) is 3.83. The highest BCUT2D eigenvalue weighted by Crippen LogP contribution is 2.35. The van der Waals surface area contributed by atoms with Gasteiger partial charge in [0.05, 0.1) is 11.1 Å². The average molecular weight is 371 g/mol. The minimum absolute atomic E-state index is 0.125. The van der Waals surface area contributed by atoms with Crippen LogP contribution in [0.25, 0.3) is 0 Å². The number of phenolic OH excluding ortho intramolecular Hbond substituents is 1. The van der Waals surface area contributed by atoms with Gasteiger partial charge in [0, 0.05) is 17.3 Å². The molecule has 0 bridgehead atoms. The van der Waals surface area contributed by atoms with Crippen LogP contribution in [0.3, 0.4) is 0 Å². The standard InChI is InChI=1S/C16H17BrClNO2/c1-3-21-15-8-11(7-12(17)16(15)20)9-19-14-6-4-5-13(18)10(14)2/h4-8,19-20H,3,9H2,1-2H3. The fraction of sp³-hybridized carbons (Fsp3) is 0.250. The number of anilines is 1. The van der Waals surface area contributed by atoms with E-state index >= 15 is 0 Å². The van der Waals surface area contributed by atoms with Crippen LogP contribution in [0.2, 0.25) is 5.02 Å². The molecule has 0 saturated carbocycles. The van der Waals surface area contributed by atoms with Gasteiger partial charge in [-0.05, 0) is 65.2 Å². The normalized spacial score (nSPS) is 10.5. The van der Waals surface area contributed by atoms with Gasteiger partial charge in [-0.2, -0.15) is 0 Å². The molecular weight excluding hydrogens is 354 g/mol. The van der Waals surface area contributed by atoms with E-state index in [-0.39, 0.29) is 5.75 Å². The van der Waals surface area contributed by atoms with Crippen molar-refractivity contribution < 1.29 is 9.84 Å². The fourth-order valence-corrected chi connectivity index (χ4v) is 2.66. The van der Waals surface area contributed by atoms with Crippen molar-refractivity contribution in [1.29, 1.82) is 0 Å². The van der Waals surface area contributed by atoms with Gasteiger partial charge in [0.15, 0.2) is 11.5 Å². The van der Waals surface area contributed by atoms with E-state index in [2.05, 4.69) is 21.2 Å². The van der Waals surface area contributed by atoms with Crippen LogP contribution in [-0.2, 0) is 6.54 Å². The van der Waals surface area contributed by atoms with E-state index in [1.165, 1.54) is 0 Å². The summed E-state index contributed by atoms with van der Waals surface area (Å²) in [6.45, 7) is 4.97. The molecule has 2 aromatic rings. The molecule has 2 rings (SSSR count). The van der Waals surface area contributed by atoms with Crippen molar-refractivity contribution in [3.63, 3.8) is 0 Å². The van der Waals surface area contributed by atoms with Gasteiger partial charge in [0.2, 0.25) is 0 Å². The van der Waals surface area contributed by atoms with Gasteiger partial charge in [-0.3, -0.25) is 0 Å². The molecular formula is C16H17BrClNO2. The van der Waals surface area contributed by atoms with E-state index in [1.807, 2.05) is 44.2 Å². The molecule has 0 aliphatic heterocycles. The topological polar surface area (TPSA) is 41.5 Å². The maximum Gasteiger partial charge on any atom is 0.172 e. The average Bonchev–Trinajstić information content (AvgIpc) is 2.46. The van der Waals surface area contributed by atoms with E-state index in [9.17, 15) is 5.11 Å². The maximum atomic E-state index is 9.91. The molecule has 3 nitrogen and oxygen atoms in total. The Labute approximate surface area is 138 Å². The number of benzene rings is 2. The summed E-state index contributed by atoms with van der Waals surface area (Å²) in [5.41, 5.74) is 3.01. The Kier molecular flexibility index (Phi) is 5.37. The summed E-state index contributed by atoms with van der Waals surface area (Å²) in [6.07, 6.45) is 0. The molecule has 0 aromatic heterocycles. The highest BCUT2D eigenvalue weighted by Gasteiger charge is 2.09. The summed E-state index contributed by atoms with van der Waals surface area (Å²) in [7, 11) is 0. The van der Waals surface area contributed by atoms with Gasteiger partial charge in [-0.25, -0.2) is 0 Å². The van der Waals surface area contributed by atoms with Gasteiger partial charge in [-0.15, -0.1) is 0 Å². The molecule has 0 atom stereocenters. The first-order valence-electron chi connectivity index (χ1n) is 6.66. The predicted octanol–water partition coefficient (Wildman–Crippen LogP) is 5.13. The van der Waals surface area contributed by atoms with E-state index in [0.717, 1.165) is 21.8 Å². The number of hydrogen-bond donors (Lipinski definition) is 2. The minimum atomic E-state index is 0.125. The molecule has 0 spiro atoms. The number of aromatic hydroxyl groups is 1. The minimum Gasteiger partial charge on any atom is -0.503 e. The van der Waals surface area contributed by atoms with Crippen molar-refractivity contribution in [3.05, 3.63) is 51.0 Å². The maximum absolute atomic E-state index is 9.91. The van der Waals surface area contributed by atoms with E-state index in [4.69, 9.17) is 16.3 Å². The molecule has 0 radical (unpaired) electrons. The van der Waals surface area contributed by atoms with Crippen molar-refractivity contribution >= 4 is 33.2 Å². The first kappa shape index (κ1) is 16.0. The molecule has 0 unspecified atom stereocenters. The SMILES string of the molecule is CCOc1cc(CNc2cccc(Cl)c2C)cc(Br)c1O. The Morgan fingerprint density at radius 1 is 1.33 bits per heavy atom. The third-order valence-electron chi connectivity index (χ3n) is 3.14. The van der Waals surface area contributed by atoms with Crippen LogP contribution >= 0.6 is 27.5 Å². The van der Waals surface area contributed by atoms with E-state index < -0.39 is 0 Å². The smallest absolute Gasteiger partial charge is 0.172 e. The molecule has 0 amide bonds. The molecule has 0 aliphatic rings. The van der Waals surface area contributed by atoms with Gasteiger partial charge in [0.25, 0.3) is 0 Å². The van der Waals surface area contributed by atoms with E-state index in [1.54, 1.807) is 0 Å². The van der Waals surface area contributed by atoms with Crippen LogP contribution in [0, 0.1) is 6.92 Å². The number of rotatable bonds is 5. The van der Waals surface area contributed by atoms with E-state index in [0.29, 0.717) is 23.4 Å². The van der Waals surface area contributed by atoms with Gasteiger partial charge in [-0.1, -0.05) is 17.7 Å².